The van der Waals surface area contributed by atoms with Gasteiger partial charge in [0.2, 0.25) is 5.91 Å². The van der Waals surface area contributed by atoms with Crippen molar-refractivity contribution in [1.82, 2.24) is 19.8 Å². The zero-order valence-corrected chi connectivity index (χ0v) is 17.8. The second-order valence-corrected chi connectivity index (χ2v) is 8.42. The normalized spacial score (nSPS) is 17.1. The zero-order valence-electron chi connectivity index (χ0n) is 16.3. The van der Waals surface area contributed by atoms with Crippen LogP contribution in [0.2, 0.25) is 10.0 Å². The summed E-state index contributed by atoms with van der Waals surface area (Å²) in [4.78, 5) is 15.0. The number of nitrogens with zero attached hydrogens (tertiary/aromatic N) is 5. The van der Waals surface area contributed by atoms with Crippen molar-refractivity contribution in [3.8, 4) is 0 Å². The number of amides is 1. The fraction of sp³-hybridized carbons (Fsp3) is 0.400. The van der Waals surface area contributed by atoms with Crippen LogP contribution in [0.25, 0.3) is 5.65 Å². The third-order valence-corrected chi connectivity index (χ3v) is 5.64. The minimum Gasteiger partial charge on any atom is -0.354 e. The standard InChI is InChI=1S/C20H22Cl2N6O/c1-12(2)19-25-24-17-7-8-18(26-28(17)19)27-9-3-4-13(11-27)20(29)23-16-6-5-14(21)10-15(16)22/h5-8,10,12-13H,3-4,9,11H2,1-2H3,(H,23,29). The number of carbonyl (C=O) groups is 1. The van der Waals surface area contributed by atoms with Gasteiger partial charge in [0.1, 0.15) is 5.82 Å². The van der Waals surface area contributed by atoms with Gasteiger partial charge in [0.05, 0.1) is 16.6 Å². The van der Waals surface area contributed by atoms with E-state index in [1.165, 1.54) is 0 Å². The lowest BCUT2D eigenvalue weighted by Gasteiger charge is -2.32. The topological polar surface area (TPSA) is 75.4 Å². The van der Waals surface area contributed by atoms with Crippen LogP contribution in [0.3, 0.4) is 0 Å². The molecular formula is C20H22Cl2N6O. The Balaban J connectivity index is 1.51. The zero-order chi connectivity index (χ0) is 20.5. The molecule has 0 aliphatic carbocycles. The van der Waals surface area contributed by atoms with Gasteiger partial charge in [0.15, 0.2) is 11.5 Å². The first-order chi connectivity index (χ1) is 13.9. The number of rotatable bonds is 4. The van der Waals surface area contributed by atoms with Gasteiger partial charge < -0.3 is 10.2 Å². The van der Waals surface area contributed by atoms with Gasteiger partial charge in [-0.3, -0.25) is 4.79 Å². The minimum absolute atomic E-state index is 0.0489. The van der Waals surface area contributed by atoms with Crippen molar-refractivity contribution < 1.29 is 4.79 Å². The molecule has 9 heteroatoms. The van der Waals surface area contributed by atoms with Gasteiger partial charge in [-0.05, 0) is 43.2 Å². The van der Waals surface area contributed by atoms with E-state index in [0.717, 1.165) is 36.7 Å². The molecule has 1 atom stereocenters. The van der Waals surface area contributed by atoms with E-state index in [-0.39, 0.29) is 17.7 Å². The number of hydrogen-bond donors (Lipinski definition) is 1. The van der Waals surface area contributed by atoms with E-state index in [0.29, 0.717) is 22.3 Å². The molecule has 2 aromatic heterocycles. The number of benzene rings is 1. The number of carbonyl (C=O) groups excluding carboxylic acids is 1. The van der Waals surface area contributed by atoms with Gasteiger partial charge in [-0.15, -0.1) is 15.3 Å². The Kier molecular flexibility index (Phi) is 5.61. The highest BCUT2D eigenvalue weighted by atomic mass is 35.5. The van der Waals surface area contributed by atoms with Crippen molar-refractivity contribution in [2.24, 2.45) is 5.92 Å². The molecule has 29 heavy (non-hydrogen) atoms. The molecule has 1 unspecified atom stereocenters. The number of fused-ring (bicyclic) bond motifs is 1. The van der Waals surface area contributed by atoms with E-state index in [4.69, 9.17) is 28.3 Å². The highest BCUT2D eigenvalue weighted by Crippen LogP contribution is 2.28. The maximum Gasteiger partial charge on any atom is 0.229 e. The minimum atomic E-state index is -0.154. The number of aromatic nitrogens is 4. The average molecular weight is 433 g/mol. The summed E-state index contributed by atoms with van der Waals surface area (Å²) in [5.41, 5.74) is 1.30. The number of halogens is 2. The maximum atomic E-state index is 12.8. The lowest BCUT2D eigenvalue weighted by atomic mass is 9.97. The quantitative estimate of drug-likeness (QED) is 0.660. The molecule has 7 nitrogen and oxygen atoms in total. The Morgan fingerprint density at radius 3 is 2.79 bits per heavy atom. The molecule has 1 amide bonds. The Bertz CT molecular complexity index is 1050. The van der Waals surface area contributed by atoms with Crippen LogP contribution in [-0.4, -0.2) is 38.8 Å². The molecule has 1 aliphatic heterocycles. The van der Waals surface area contributed by atoms with Crippen LogP contribution in [0.4, 0.5) is 11.5 Å². The largest absolute Gasteiger partial charge is 0.354 e. The third-order valence-electron chi connectivity index (χ3n) is 5.09. The average Bonchev–Trinajstić information content (AvgIpc) is 3.13. The first-order valence-electron chi connectivity index (χ1n) is 9.65. The number of anilines is 2. The maximum absolute atomic E-state index is 12.8. The van der Waals surface area contributed by atoms with Gasteiger partial charge in [-0.25, -0.2) is 0 Å². The highest BCUT2D eigenvalue weighted by molar-refractivity contribution is 6.36. The first-order valence-corrected chi connectivity index (χ1v) is 10.4. The first kappa shape index (κ1) is 19.9. The van der Waals surface area contributed by atoms with Gasteiger partial charge >= 0.3 is 0 Å². The van der Waals surface area contributed by atoms with E-state index in [2.05, 4.69) is 34.3 Å². The van der Waals surface area contributed by atoms with Crippen molar-refractivity contribution >= 4 is 46.3 Å². The van der Waals surface area contributed by atoms with Crippen molar-refractivity contribution in [1.29, 1.82) is 0 Å². The Morgan fingerprint density at radius 1 is 1.21 bits per heavy atom. The summed E-state index contributed by atoms with van der Waals surface area (Å²) in [5.74, 6) is 1.66. The van der Waals surface area contributed by atoms with E-state index in [1.54, 1.807) is 22.7 Å². The summed E-state index contributed by atoms with van der Waals surface area (Å²) in [6.45, 7) is 5.57. The van der Waals surface area contributed by atoms with Gasteiger partial charge in [0.25, 0.3) is 0 Å². The molecule has 0 bridgehead atoms. The summed E-state index contributed by atoms with van der Waals surface area (Å²) in [6, 6.07) is 8.90. The third kappa shape index (κ3) is 4.16. The number of nitrogens with one attached hydrogen (secondary N) is 1. The number of piperidine rings is 1. The lowest BCUT2D eigenvalue weighted by Crippen LogP contribution is -2.41. The fourth-order valence-corrected chi connectivity index (χ4v) is 4.01. The van der Waals surface area contributed by atoms with Crippen LogP contribution in [0.1, 0.15) is 38.4 Å². The Morgan fingerprint density at radius 2 is 2.03 bits per heavy atom. The van der Waals surface area contributed by atoms with Crippen LogP contribution in [0.15, 0.2) is 30.3 Å². The molecule has 1 fully saturated rings. The highest BCUT2D eigenvalue weighted by Gasteiger charge is 2.27. The summed E-state index contributed by atoms with van der Waals surface area (Å²) in [7, 11) is 0. The van der Waals surface area contributed by atoms with Crippen LogP contribution >= 0.6 is 23.2 Å². The van der Waals surface area contributed by atoms with Crippen LogP contribution < -0.4 is 10.2 Å². The second-order valence-electron chi connectivity index (χ2n) is 7.57. The molecule has 1 aromatic carbocycles. The number of hydrogen-bond acceptors (Lipinski definition) is 5. The van der Waals surface area contributed by atoms with Crippen LogP contribution in [-0.2, 0) is 4.79 Å². The molecule has 0 saturated carbocycles. The van der Waals surface area contributed by atoms with E-state index in [9.17, 15) is 4.79 Å². The molecule has 152 valence electrons. The van der Waals surface area contributed by atoms with E-state index >= 15 is 0 Å². The van der Waals surface area contributed by atoms with E-state index in [1.807, 2.05) is 12.1 Å². The SMILES string of the molecule is CC(C)c1nnc2ccc(N3CCCC(C(=O)Nc4ccc(Cl)cc4Cl)C3)nn12. The molecule has 0 radical (unpaired) electrons. The molecule has 1 aliphatic rings. The molecule has 1 N–H and O–H groups in total. The predicted octanol–water partition coefficient (Wildman–Crippen LogP) is 4.41. The molecular weight excluding hydrogens is 411 g/mol. The monoisotopic (exact) mass is 432 g/mol. The summed E-state index contributed by atoms with van der Waals surface area (Å²) in [5, 5.41) is 17.0. The lowest BCUT2D eigenvalue weighted by molar-refractivity contribution is -0.120. The molecule has 3 aromatic rings. The van der Waals surface area contributed by atoms with Gasteiger partial charge in [-0.2, -0.15) is 4.52 Å². The van der Waals surface area contributed by atoms with Gasteiger partial charge in [0, 0.05) is 24.0 Å². The van der Waals surface area contributed by atoms with Crippen LogP contribution in [0, 0.1) is 5.92 Å². The predicted molar refractivity (Wildman–Crippen MR) is 115 cm³/mol. The molecule has 3 heterocycles. The van der Waals surface area contributed by atoms with E-state index < -0.39 is 0 Å². The summed E-state index contributed by atoms with van der Waals surface area (Å²) >= 11 is 12.1. The molecule has 4 rings (SSSR count). The van der Waals surface area contributed by atoms with Crippen molar-refractivity contribution in [3.05, 3.63) is 46.2 Å². The molecule has 0 spiro atoms. The van der Waals surface area contributed by atoms with Crippen molar-refractivity contribution in [2.45, 2.75) is 32.6 Å². The van der Waals surface area contributed by atoms with Crippen molar-refractivity contribution in [3.63, 3.8) is 0 Å². The Labute approximate surface area is 179 Å². The Hall–Kier alpha value is -2.38. The van der Waals surface area contributed by atoms with Gasteiger partial charge in [-0.1, -0.05) is 37.0 Å². The summed E-state index contributed by atoms with van der Waals surface area (Å²) < 4.78 is 1.79. The van der Waals surface area contributed by atoms with Crippen molar-refractivity contribution in [2.75, 3.05) is 23.3 Å². The fourth-order valence-electron chi connectivity index (χ4n) is 3.55. The molecule has 1 saturated heterocycles. The second kappa shape index (κ2) is 8.16. The van der Waals surface area contributed by atoms with Crippen LogP contribution in [0.5, 0.6) is 0 Å². The summed E-state index contributed by atoms with van der Waals surface area (Å²) in [6.07, 6.45) is 1.73. The smallest absolute Gasteiger partial charge is 0.229 e.